The SMILES string of the molecule is O=C(Cc1c(F)cccc1Cl)C1CCCCO1. The topological polar surface area (TPSA) is 26.3 Å². The van der Waals surface area contributed by atoms with E-state index in [1.807, 2.05) is 0 Å². The van der Waals surface area contributed by atoms with E-state index in [0.717, 1.165) is 19.3 Å². The number of Topliss-reactive ketones (excluding diaryl/α,β-unsaturated/α-hetero) is 1. The van der Waals surface area contributed by atoms with Crippen LogP contribution < -0.4 is 0 Å². The normalized spacial score (nSPS) is 20.2. The van der Waals surface area contributed by atoms with Gasteiger partial charge in [0.05, 0.1) is 0 Å². The van der Waals surface area contributed by atoms with Crippen molar-refractivity contribution >= 4 is 17.4 Å². The summed E-state index contributed by atoms with van der Waals surface area (Å²) in [5, 5.41) is 0.300. The maximum Gasteiger partial charge on any atom is 0.166 e. The van der Waals surface area contributed by atoms with E-state index in [4.69, 9.17) is 16.3 Å². The van der Waals surface area contributed by atoms with Gasteiger partial charge in [0.25, 0.3) is 0 Å². The molecular formula is C13H14ClFO2. The number of rotatable bonds is 3. The molecule has 1 saturated heterocycles. The van der Waals surface area contributed by atoms with Gasteiger partial charge in [0.2, 0.25) is 0 Å². The lowest BCUT2D eigenvalue weighted by atomic mass is 9.99. The quantitative estimate of drug-likeness (QED) is 0.830. The van der Waals surface area contributed by atoms with Crippen molar-refractivity contribution in [3.63, 3.8) is 0 Å². The van der Waals surface area contributed by atoms with Crippen LogP contribution >= 0.6 is 11.6 Å². The minimum Gasteiger partial charge on any atom is -0.370 e. The van der Waals surface area contributed by atoms with Gasteiger partial charge in [0, 0.05) is 23.6 Å². The summed E-state index contributed by atoms with van der Waals surface area (Å²) in [6.07, 6.45) is 2.33. The molecule has 17 heavy (non-hydrogen) atoms. The van der Waals surface area contributed by atoms with E-state index in [1.54, 1.807) is 6.07 Å². The summed E-state index contributed by atoms with van der Waals surface area (Å²) < 4.78 is 18.9. The highest BCUT2D eigenvalue weighted by Gasteiger charge is 2.23. The molecule has 0 amide bonds. The Labute approximate surface area is 105 Å². The smallest absolute Gasteiger partial charge is 0.166 e. The molecule has 0 aromatic heterocycles. The average Bonchev–Trinajstić information content (AvgIpc) is 2.35. The van der Waals surface area contributed by atoms with E-state index in [1.165, 1.54) is 12.1 Å². The molecule has 1 heterocycles. The molecule has 92 valence electrons. The number of ketones is 1. The molecule has 2 rings (SSSR count). The van der Waals surface area contributed by atoms with E-state index in [9.17, 15) is 9.18 Å². The van der Waals surface area contributed by atoms with Gasteiger partial charge in [0.15, 0.2) is 5.78 Å². The van der Waals surface area contributed by atoms with Crippen LogP contribution in [0.15, 0.2) is 18.2 Å². The number of ether oxygens (including phenoxy) is 1. The maximum atomic E-state index is 13.5. The second-order valence-electron chi connectivity index (χ2n) is 4.20. The van der Waals surface area contributed by atoms with Crippen LogP contribution in [0.3, 0.4) is 0 Å². The summed E-state index contributed by atoms with van der Waals surface area (Å²) in [7, 11) is 0. The highest BCUT2D eigenvalue weighted by atomic mass is 35.5. The van der Waals surface area contributed by atoms with Crippen molar-refractivity contribution in [3.8, 4) is 0 Å². The van der Waals surface area contributed by atoms with E-state index in [2.05, 4.69) is 0 Å². The Balaban J connectivity index is 2.07. The summed E-state index contributed by atoms with van der Waals surface area (Å²) in [6.45, 7) is 0.613. The Hall–Kier alpha value is -0.930. The summed E-state index contributed by atoms with van der Waals surface area (Å²) in [6, 6.07) is 4.44. The van der Waals surface area contributed by atoms with Crippen molar-refractivity contribution in [2.45, 2.75) is 31.8 Å². The molecule has 0 N–H and O–H groups in total. The Bertz CT molecular complexity index is 394. The summed E-state index contributed by atoms with van der Waals surface area (Å²) >= 11 is 5.88. The molecule has 1 aliphatic heterocycles. The van der Waals surface area contributed by atoms with E-state index >= 15 is 0 Å². The number of halogens is 2. The molecule has 0 spiro atoms. The first-order chi connectivity index (χ1) is 8.18. The van der Waals surface area contributed by atoms with Crippen LogP contribution in [0.1, 0.15) is 24.8 Å². The van der Waals surface area contributed by atoms with Crippen molar-refractivity contribution in [1.29, 1.82) is 0 Å². The van der Waals surface area contributed by atoms with Crippen LogP contribution in [0, 0.1) is 5.82 Å². The maximum absolute atomic E-state index is 13.5. The fraction of sp³-hybridized carbons (Fsp3) is 0.462. The molecule has 0 bridgehead atoms. The largest absolute Gasteiger partial charge is 0.370 e. The molecule has 0 saturated carbocycles. The van der Waals surface area contributed by atoms with Gasteiger partial charge in [-0.25, -0.2) is 4.39 Å². The molecule has 2 nitrogen and oxygen atoms in total. The molecule has 4 heteroatoms. The number of hydrogen-bond acceptors (Lipinski definition) is 2. The van der Waals surface area contributed by atoms with Crippen molar-refractivity contribution in [1.82, 2.24) is 0 Å². The third kappa shape index (κ3) is 3.05. The van der Waals surface area contributed by atoms with Gasteiger partial charge < -0.3 is 4.74 Å². The highest BCUT2D eigenvalue weighted by Crippen LogP contribution is 2.22. The zero-order valence-electron chi connectivity index (χ0n) is 9.42. The zero-order valence-corrected chi connectivity index (χ0v) is 10.2. The zero-order chi connectivity index (χ0) is 12.3. The Morgan fingerprint density at radius 3 is 2.94 bits per heavy atom. The van der Waals surface area contributed by atoms with Crippen molar-refractivity contribution < 1.29 is 13.9 Å². The fourth-order valence-corrected chi connectivity index (χ4v) is 2.21. The van der Waals surface area contributed by atoms with Crippen LogP contribution in [0.2, 0.25) is 5.02 Å². The third-order valence-corrected chi connectivity index (χ3v) is 3.31. The fourth-order valence-electron chi connectivity index (χ4n) is 1.98. The second-order valence-corrected chi connectivity index (χ2v) is 4.61. The first-order valence-corrected chi connectivity index (χ1v) is 6.13. The first-order valence-electron chi connectivity index (χ1n) is 5.75. The molecule has 1 aromatic carbocycles. The molecule has 1 unspecified atom stereocenters. The molecule has 1 aromatic rings. The number of benzene rings is 1. The van der Waals surface area contributed by atoms with Crippen molar-refractivity contribution in [2.75, 3.05) is 6.61 Å². The molecule has 1 aliphatic rings. The second kappa shape index (κ2) is 5.61. The lowest BCUT2D eigenvalue weighted by Gasteiger charge is -2.21. The Morgan fingerprint density at radius 1 is 1.47 bits per heavy atom. The predicted molar refractivity (Wildman–Crippen MR) is 63.7 cm³/mol. The molecular weight excluding hydrogens is 243 g/mol. The number of carbonyl (C=O) groups is 1. The standard InChI is InChI=1S/C13H14ClFO2/c14-10-4-3-5-11(15)9(10)8-12(16)13-6-1-2-7-17-13/h3-5,13H,1-2,6-8H2. The Kier molecular flexibility index (Phi) is 4.13. The van der Waals surface area contributed by atoms with E-state index in [-0.39, 0.29) is 23.9 Å². The predicted octanol–water partition coefficient (Wildman–Crippen LogP) is 3.16. The molecule has 1 atom stereocenters. The van der Waals surface area contributed by atoms with E-state index in [0.29, 0.717) is 11.6 Å². The van der Waals surface area contributed by atoms with Crippen LogP contribution in [-0.2, 0) is 16.0 Å². The minimum atomic E-state index is -0.429. The van der Waals surface area contributed by atoms with Crippen molar-refractivity contribution in [2.24, 2.45) is 0 Å². The summed E-state index contributed by atoms with van der Waals surface area (Å²) in [5.74, 6) is -0.515. The van der Waals surface area contributed by atoms with Crippen molar-refractivity contribution in [3.05, 3.63) is 34.6 Å². The average molecular weight is 257 g/mol. The Morgan fingerprint density at radius 2 is 2.29 bits per heavy atom. The molecule has 0 aliphatic carbocycles. The van der Waals surface area contributed by atoms with Gasteiger partial charge in [-0.2, -0.15) is 0 Å². The molecule has 0 radical (unpaired) electrons. The van der Waals surface area contributed by atoms with Crippen LogP contribution in [0.4, 0.5) is 4.39 Å². The van der Waals surface area contributed by atoms with Gasteiger partial charge in [0.1, 0.15) is 11.9 Å². The number of hydrogen-bond donors (Lipinski definition) is 0. The highest BCUT2D eigenvalue weighted by molar-refractivity contribution is 6.31. The lowest BCUT2D eigenvalue weighted by molar-refractivity contribution is -0.132. The summed E-state index contributed by atoms with van der Waals surface area (Å²) in [5.41, 5.74) is 0.272. The van der Waals surface area contributed by atoms with Gasteiger partial charge in [-0.3, -0.25) is 4.79 Å². The number of carbonyl (C=O) groups excluding carboxylic acids is 1. The van der Waals surface area contributed by atoms with Gasteiger partial charge in [-0.05, 0) is 31.4 Å². The van der Waals surface area contributed by atoms with Crippen LogP contribution in [0.25, 0.3) is 0 Å². The third-order valence-electron chi connectivity index (χ3n) is 2.95. The molecule has 1 fully saturated rings. The van der Waals surface area contributed by atoms with Gasteiger partial charge in [-0.1, -0.05) is 17.7 Å². The minimum absolute atomic E-state index is 0.0101. The van der Waals surface area contributed by atoms with E-state index < -0.39 is 5.82 Å². The van der Waals surface area contributed by atoms with Crippen LogP contribution in [-0.4, -0.2) is 18.5 Å². The van der Waals surface area contributed by atoms with Gasteiger partial charge >= 0.3 is 0 Å². The van der Waals surface area contributed by atoms with Gasteiger partial charge in [-0.15, -0.1) is 0 Å². The monoisotopic (exact) mass is 256 g/mol. The lowest BCUT2D eigenvalue weighted by Crippen LogP contribution is -2.29. The summed E-state index contributed by atoms with van der Waals surface area (Å²) in [4.78, 5) is 11.9. The first kappa shape index (κ1) is 12.5. The van der Waals surface area contributed by atoms with Crippen LogP contribution in [0.5, 0.6) is 0 Å².